The highest BCUT2D eigenvalue weighted by molar-refractivity contribution is 5.16. The summed E-state index contributed by atoms with van der Waals surface area (Å²) in [5.41, 5.74) is 0.784. The molecule has 1 atom stereocenters. The monoisotopic (exact) mass is 167 g/mol. The van der Waals surface area contributed by atoms with Crippen LogP contribution in [0.2, 0.25) is 0 Å². The highest BCUT2D eigenvalue weighted by atomic mass is 19.1. The molecule has 1 nitrogen and oxygen atoms in total. The Morgan fingerprint density at radius 2 is 2.33 bits per heavy atom. The molecule has 1 aromatic heterocycles. The molecular weight excluding hydrogens is 153 g/mol. The molecule has 0 N–H and O–H groups in total. The fourth-order valence-corrected chi connectivity index (χ4v) is 1.37. The number of aromatic nitrogens is 1. The van der Waals surface area contributed by atoms with Gasteiger partial charge in [0.15, 0.2) is 0 Å². The van der Waals surface area contributed by atoms with Crippen LogP contribution in [0.5, 0.6) is 0 Å². The fourth-order valence-electron chi connectivity index (χ4n) is 1.37. The normalized spacial score (nSPS) is 12.9. The van der Waals surface area contributed by atoms with Crippen LogP contribution >= 0.6 is 0 Å². The lowest BCUT2D eigenvalue weighted by Gasteiger charge is -2.10. The second-order valence-corrected chi connectivity index (χ2v) is 3.09. The highest BCUT2D eigenvalue weighted by Gasteiger charge is 2.08. The molecule has 0 aromatic carbocycles. The van der Waals surface area contributed by atoms with Crippen LogP contribution in [0, 0.1) is 5.82 Å². The van der Waals surface area contributed by atoms with Crippen molar-refractivity contribution in [3.05, 3.63) is 29.8 Å². The number of rotatable bonds is 3. The zero-order valence-corrected chi connectivity index (χ0v) is 7.55. The van der Waals surface area contributed by atoms with Gasteiger partial charge < -0.3 is 0 Å². The average Bonchev–Trinajstić information content (AvgIpc) is 2.05. The van der Waals surface area contributed by atoms with E-state index in [0.717, 1.165) is 18.4 Å². The molecule has 1 rings (SSSR count). The summed E-state index contributed by atoms with van der Waals surface area (Å²) < 4.78 is 13.1. The van der Waals surface area contributed by atoms with Crippen molar-refractivity contribution in [3.8, 4) is 0 Å². The molecule has 0 saturated heterocycles. The lowest BCUT2D eigenvalue weighted by Crippen LogP contribution is -1.97. The first-order valence-electron chi connectivity index (χ1n) is 4.35. The standard InChI is InChI=1S/C10H14FN/c1-3-4-8(2)9-5-6-12-7-10(9)11/h5-8H,3-4H2,1-2H3. The molecule has 0 spiro atoms. The third-order valence-electron chi connectivity index (χ3n) is 2.06. The lowest BCUT2D eigenvalue weighted by molar-refractivity contribution is 0.565. The van der Waals surface area contributed by atoms with Crippen LogP contribution in [-0.2, 0) is 0 Å². The molecule has 12 heavy (non-hydrogen) atoms. The van der Waals surface area contributed by atoms with Crippen LogP contribution in [0.15, 0.2) is 18.5 Å². The van der Waals surface area contributed by atoms with Gasteiger partial charge in [-0.05, 0) is 24.0 Å². The van der Waals surface area contributed by atoms with Crippen molar-refractivity contribution in [2.24, 2.45) is 0 Å². The Bertz CT molecular complexity index is 247. The van der Waals surface area contributed by atoms with E-state index in [-0.39, 0.29) is 5.82 Å². The van der Waals surface area contributed by atoms with Crippen LogP contribution in [-0.4, -0.2) is 4.98 Å². The van der Waals surface area contributed by atoms with E-state index < -0.39 is 0 Å². The maximum absolute atomic E-state index is 13.1. The van der Waals surface area contributed by atoms with Crippen LogP contribution in [0.4, 0.5) is 4.39 Å². The third kappa shape index (κ3) is 2.03. The Morgan fingerprint density at radius 3 is 2.92 bits per heavy atom. The summed E-state index contributed by atoms with van der Waals surface area (Å²) in [5.74, 6) is 0.122. The van der Waals surface area contributed by atoms with Gasteiger partial charge in [-0.25, -0.2) is 4.39 Å². The van der Waals surface area contributed by atoms with Gasteiger partial charge in [-0.3, -0.25) is 4.98 Å². The van der Waals surface area contributed by atoms with Gasteiger partial charge in [-0.15, -0.1) is 0 Å². The fraction of sp³-hybridized carbons (Fsp3) is 0.500. The van der Waals surface area contributed by atoms with Crippen molar-refractivity contribution < 1.29 is 4.39 Å². The first-order valence-corrected chi connectivity index (χ1v) is 4.35. The minimum Gasteiger partial charge on any atom is -0.262 e. The molecular formula is C10H14FN. The smallest absolute Gasteiger partial charge is 0.144 e. The van der Waals surface area contributed by atoms with Crippen LogP contribution in [0.25, 0.3) is 0 Å². The predicted octanol–water partition coefficient (Wildman–Crippen LogP) is 3.12. The second-order valence-electron chi connectivity index (χ2n) is 3.09. The molecule has 0 amide bonds. The largest absolute Gasteiger partial charge is 0.262 e. The molecule has 1 unspecified atom stereocenters. The second kappa shape index (κ2) is 4.19. The van der Waals surface area contributed by atoms with E-state index in [2.05, 4.69) is 11.9 Å². The Labute approximate surface area is 72.6 Å². The molecule has 0 bridgehead atoms. The van der Waals surface area contributed by atoms with Crippen molar-refractivity contribution in [3.63, 3.8) is 0 Å². The molecule has 0 aliphatic heterocycles. The maximum atomic E-state index is 13.1. The number of halogens is 1. The molecule has 2 heteroatoms. The highest BCUT2D eigenvalue weighted by Crippen LogP contribution is 2.21. The SMILES string of the molecule is CCCC(C)c1ccncc1F. The topological polar surface area (TPSA) is 12.9 Å². The van der Waals surface area contributed by atoms with E-state index in [1.165, 1.54) is 6.20 Å². The van der Waals surface area contributed by atoms with E-state index in [9.17, 15) is 4.39 Å². The quantitative estimate of drug-likeness (QED) is 0.674. The van der Waals surface area contributed by atoms with E-state index in [1.807, 2.05) is 6.92 Å². The van der Waals surface area contributed by atoms with Crippen LogP contribution in [0.3, 0.4) is 0 Å². The first kappa shape index (κ1) is 9.17. The van der Waals surface area contributed by atoms with Crippen molar-refractivity contribution in [2.75, 3.05) is 0 Å². The average molecular weight is 167 g/mol. The van der Waals surface area contributed by atoms with Crippen molar-refractivity contribution in [1.82, 2.24) is 4.98 Å². The lowest BCUT2D eigenvalue weighted by atomic mass is 9.97. The van der Waals surface area contributed by atoms with E-state index in [0.29, 0.717) is 5.92 Å². The molecule has 66 valence electrons. The summed E-state index contributed by atoms with van der Waals surface area (Å²) in [7, 11) is 0. The zero-order chi connectivity index (χ0) is 8.97. The van der Waals surface area contributed by atoms with Crippen molar-refractivity contribution in [2.45, 2.75) is 32.6 Å². The summed E-state index contributed by atoms with van der Waals surface area (Å²) in [6.07, 6.45) is 5.04. The van der Waals surface area contributed by atoms with Crippen molar-refractivity contribution in [1.29, 1.82) is 0 Å². The Kier molecular flexibility index (Phi) is 3.20. The number of hydrogen-bond acceptors (Lipinski definition) is 1. The molecule has 1 heterocycles. The predicted molar refractivity (Wildman–Crippen MR) is 47.5 cm³/mol. The van der Waals surface area contributed by atoms with Gasteiger partial charge in [0.1, 0.15) is 5.82 Å². The Morgan fingerprint density at radius 1 is 1.58 bits per heavy atom. The van der Waals surface area contributed by atoms with Gasteiger partial charge in [0.25, 0.3) is 0 Å². The third-order valence-corrected chi connectivity index (χ3v) is 2.06. The minimum absolute atomic E-state index is 0.182. The summed E-state index contributed by atoms with van der Waals surface area (Å²) >= 11 is 0. The Hall–Kier alpha value is -0.920. The number of nitrogens with zero attached hydrogens (tertiary/aromatic N) is 1. The first-order chi connectivity index (χ1) is 5.75. The maximum Gasteiger partial charge on any atom is 0.144 e. The molecule has 1 aromatic rings. The minimum atomic E-state index is -0.182. The summed E-state index contributed by atoms with van der Waals surface area (Å²) in [4.78, 5) is 3.71. The van der Waals surface area contributed by atoms with Gasteiger partial charge in [-0.1, -0.05) is 20.3 Å². The van der Waals surface area contributed by atoms with E-state index in [4.69, 9.17) is 0 Å². The molecule has 0 aliphatic rings. The van der Waals surface area contributed by atoms with Gasteiger partial charge in [-0.2, -0.15) is 0 Å². The molecule has 0 radical (unpaired) electrons. The van der Waals surface area contributed by atoms with Crippen molar-refractivity contribution >= 4 is 0 Å². The van der Waals surface area contributed by atoms with Crippen LogP contribution in [0.1, 0.15) is 38.2 Å². The number of hydrogen-bond donors (Lipinski definition) is 0. The Balaban J connectivity index is 2.79. The summed E-state index contributed by atoms with van der Waals surface area (Å²) in [6.45, 7) is 4.15. The van der Waals surface area contributed by atoms with E-state index in [1.54, 1.807) is 12.3 Å². The van der Waals surface area contributed by atoms with Crippen LogP contribution < -0.4 is 0 Å². The molecule has 0 fully saturated rings. The molecule has 0 saturated carbocycles. The summed E-state index contributed by atoms with van der Waals surface area (Å²) in [5, 5.41) is 0. The summed E-state index contributed by atoms with van der Waals surface area (Å²) in [6, 6.07) is 1.76. The van der Waals surface area contributed by atoms with Gasteiger partial charge in [0, 0.05) is 6.20 Å². The van der Waals surface area contributed by atoms with Gasteiger partial charge in [0.2, 0.25) is 0 Å². The molecule has 0 aliphatic carbocycles. The van der Waals surface area contributed by atoms with E-state index >= 15 is 0 Å². The van der Waals surface area contributed by atoms with Gasteiger partial charge in [0.05, 0.1) is 6.20 Å². The zero-order valence-electron chi connectivity index (χ0n) is 7.55. The number of pyridine rings is 1. The van der Waals surface area contributed by atoms with Gasteiger partial charge >= 0.3 is 0 Å².